The second-order valence-corrected chi connectivity index (χ2v) is 19.7. The zero-order valence-corrected chi connectivity index (χ0v) is 42.1. The lowest BCUT2D eigenvalue weighted by Gasteiger charge is -2.40. The summed E-state index contributed by atoms with van der Waals surface area (Å²) in [6.07, 6.45) is 43.2. The van der Waals surface area contributed by atoms with E-state index >= 15 is 0 Å². The number of hydrogen-bond acceptors (Lipinski definition) is 11. The molecule has 0 radical (unpaired) electrons. The number of rotatable bonds is 44. The Balaban J connectivity index is 2.39. The van der Waals surface area contributed by atoms with Crippen molar-refractivity contribution in [3.8, 4) is 0 Å². The highest BCUT2D eigenvalue weighted by atomic mass is 32.2. The number of aliphatic hydroxyl groups is 3. The molecule has 0 aliphatic carbocycles. The summed E-state index contributed by atoms with van der Waals surface area (Å²) < 4.78 is 54.1. The van der Waals surface area contributed by atoms with E-state index in [-0.39, 0.29) is 19.4 Å². The number of hydrogen-bond donors (Lipinski definition) is 4. The standard InChI is InChI=1S/C53H94O12S/c1-3-5-7-9-11-13-15-17-19-20-21-22-23-24-25-26-28-29-31-33-35-37-39-41-48(54)62-43-46(44-63-53-52(58)51(57)50(56)47(65-53)45-66(59,60)61)64-49(55)42-40-38-36-34-32-30-27-18-16-14-12-10-8-6-4-2/h18,26-28,32-35,46-47,50-53,56-58H,3-17,19-25,29-31,36-45H2,1-2H3,(H,59,60,61)/b27-18+,28-26+,34-32+,35-33+/t46-,47-,50-,51?,52?,53+/m1/s1. The summed E-state index contributed by atoms with van der Waals surface area (Å²) in [6.45, 7) is 3.72. The fourth-order valence-corrected chi connectivity index (χ4v) is 8.48. The Labute approximate surface area is 401 Å². The minimum absolute atomic E-state index is 0.113. The summed E-state index contributed by atoms with van der Waals surface area (Å²) in [5.74, 6) is -2.08. The molecule has 0 spiro atoms. The number of carbonyl (C=O) groups is 2. The van der Waals surface area contributed by atoms with Crippen molar-refractivity contribution < 1.29 is 56.8 Å². The Bertz CT molecular complexity index is 1400. The van der Waals surface area contributed by atoms with Crippen LogP contribution in [0.4, 0.5) is 0 Å². The van der Waals surface area contributed by atoms with Crippen LogP contribution < -0.4 is 0 Å². The number of esters is 2. The maximum Gasteiger partial charge on any atom is 0.306 e. The minimum atomic E-state index is -4.61. The molecule has 1 saturated heterocycles. The van der Waals surface area contributed by atoms with Crippen molar-refractivity contribution in [2.24, 2.45) is 0 Å². The largest absolute Gasteiger partial charge is 0.462 e. The first-order chi connectivity index (χ1) is 32.0. The SMILES string of the molecule is CCCCCCCC/C=C/C/C=C/CCCCC(=O)O[C@H](COC(=O)CCC/C=C/CC/C=C/CCCCCCCCCCCCCCCC)CO[C@H]1O[C@H](CS(=O)(=O)O)[C@@H](O)C(O)C1O. The van der Waals surface area contributed by atoms with Gasteiger partial charge in [-0.1, -0.05) is 178 Å². The van der Waals surface area contributed by atoms with Crippen LogP contribution in [0.25, 0.3) is 0 Å². The zero-order chi connectivity index (χ0) is 48.4. The predicted molar refractivity (Wildman–Crippen MR) is 266 cm³/mol. The molecule has 2 unspecified atom stereocenters. The fraction of sp³-hybridized carbons (Fsp3) is 0.811. The van der Waals surface area contributed by atoms with Gasteiger partial charge in [0.25, 0.3) is 10.1 Å². The molecular weight excluding hydrogens is 861 g/mol. The Hall–Kier alpha value is -2.39. The van der Waals surface area contributed by atoms with Gasteiger partial charge in [-0.15, -0.1) is 0 Å². The van der Waals surface area contributed by atoms with E-state index in [9.17, 15) is 37.9 Å². The van der Waals surface area contributed by atoms with Gasteiger partial charge < -0.3 is 34.3 Å². The number of unbranched alkanes of at least 4 members (excludes halogenated alkanes) is 24. The first kappa shape index (κ1) is 61.6. The highest BCUT2D eigenvalue weighted by molar-refractivity contribution is 7.85. The summed E-state index contributed by atoms with van der Waals surface area (Å²) in [5.41, 5.74) is 0. The third-order valence-electron chi connectivity index (χ3n) is 11.9. The second-order valence-electron chi connectivity index (χ2n) is 18.2. The molecule has 0 bridgehead atoms. The molecule has 0 aromatic rings. The van der Waals surface area contributed by atoms with E-state index in [4.69, 9.17) is 18.9 Å². The maximum atomic E-state index is 12.8. The average molecular weight is 955 g/mol. The van der Waals surface area contributed by atoms with Crippen LogP contribution in [0.3, 0.4) is 0 Å². The first-order valence-electron chi connectivity index (χ1n) is 26.2. The fourth-order valence-electron chi connectivity index (χ4n) is 7.79. The normalized spacial score (nSPS) is 19.8. The van der Waals surface area contributed by atoms with Crippen LogP contribution in [0.5, 0.6) is 0 Å². The first-order valence-corrected chi connectivity index (χ1v) is 27.8. The topological polar surface area (TPSA) is 186 Å². The van der Waals surface area contributed by atoms with Gasteiger partial charge in [0, 0.05) is 12.8 Å². The van der Waals surface area contributed by atoms with Crippen LogP contribution >= 0.6 is 0 Å². The Morgan fingerprint density at radius 1 is 0.515 bits per heavy atom. The van der Waals surface area contributed by atoms with E-state index in [0.29, 0.717) is 19.3 Å². The molecule has 0 saturated carbocycles. The van der Waals surface area contributed by atoms with Crippen LogP contribution in [0, 0.1) is 0 Å². The average Bonchev–Trinajstić information content (AvgIpc) is 3.28. The number of carbonyl (C=O) groups excluding carboxylic acids is 2. The van der Waals surface area contributed by atoms with E-state index in [2.05, 4.69) is 62.5 Å². The molecule has 0 amide bonds. The lowest BCUT2D eigenvalue weighted by atomic mass is 10.00. The summed E-state index contributed by atoms with van der Waals surface area (Å²) in [7, 11) is -4.61. The molecule has 1 fully saturated rings. The quantitative estimate of drug-likeness (QED) is 0.0196. The van der Waals surface area contributed by atoms with Crippen LogP contribution in [0.15, 0.2) is 48.6 Å². The Morgan fingerprint density at radius 2 is 0.939 bits per heavy atom. The third-order valence-corrected chi connectivity index (χ3v) is 12.6. The van der Waals surface area contributed by atoms with Gasteiger partial charge in [0.1, 0.15) is 36.8 Å². The van der Waals surface area contributed by atoms with Crippen LogP contribution in [-0.2, 0) is 38.7 Å². The van der Waals surface area contributed by atoms with E-state index in [1.165, 1.54) is 128 Å². The van der Waals surface area contributed by atoms with Crippen molar-refractivity contribution in [1.82, 2.24) is 0 Å². The summed E-state index contributed by atoms with van der Waals surface area (Å²) in [6, 6.07) is 0. The predicted octanol–water partition coefficient (Wildman–Crippen LogP) is 11.9. The molecule has 1 heterocycles. The van der Waals surface area contributed by atoms with E-state index in [0.717, 1.165) is 44.9 Å². The molecule has 13 heteroatoms. The molecular formula is C53H94O12S. The van der Waals surface area contributed by atoms with Gasteiger partial charge in [-0.05, 0) is 77.0 Å². The maximum absolute atomic E-state index is 12.8. The minimum Gasteiger partial charge on any atom is -0.462 e. The third kappa shape index (κ3) is 36.6. The van der Waals surface area contributed by atoms with Crippen LogP contribution in [-0.4, -0.2) is 96.0 Å². The van der Waals surface area contributed by atoms with E-state index in [1.807, 2.05) is 0 Å². The molecule has 66 heavy (non-hydrogen) atoms. The summed E-state index contributed by atoms with van der Waals surface area (Å²) >= 11 is 0. The van der Waals surface area contributed by atoms with Crippen LogP contribution in [0.1, 0.15) is 219 Å². The molecule has 0 aromatic heterocycles. The molecule has 1 aliphatic heterocycles. The van der Waals surface area contributed by atoms with Gasteiger partial charge in [-0.3, -0.25) is 14.1 Å². The molecule has 6 atom stereocenters. The van der Waals surface area contributed by atoms with Gasteiger partial charge in [0.05, 0.1) is 6.61 Å². The zero-order valence-electron chi connectivity index (χ0n) is 41.3. The summed E-state index contributed by atoms with van der Waals surface area (Å²) in [4.78, 5) is 25.5. The highest BCUT2D eigenvalue weighted by Gasteiger charge is 2.46. The molecule has 12 nitrogen and oxygen atoms in total. The van der Waals surface area contributed by atoms with Crippen molar-refractivity contribution in [3.05, 3.63) is 48.6 Å². The Morgan fingerprint density at radius 3 is 1.44 bits per heavy atom. The number of aliphatic hydroxyl groups excluding tert-OH is 3. The molecule has 1 rings (SSSR count). The lowest BCUT2D eigenvalue weighted by molar-refractivity contribution is -0.297. The van der Waals surface area contributed by atoms with Crippen molar-refractivity contribution >= 4 is 22.1 Å². The van der Waals surface area contributed by atoms with Crippen LogP contribution in [0.2, 0.25) is 0 Å². The van der Waals surface area contributed by atoms with Crippen molar-refractivity contribution in [1.29, 1.82) is 0 Å². The molecule has 4 N–H and O–H groups in total. The van der Waals surface area contributed by atoms with Crippen molar-refractivity contribution in [2.75, 3.05) is 19.0 Å². The van der Waals surface area contributed by atoms with E-state index in [1.54, 1.807) is 0 Å². The van der Waals surface area contributed by atoms with Gasteiger partial charge in [0.15, 0.2) is 12.4 Å². The molecule has 0 aromatic carbocycles. The van der Waals surface area contributed by atoms with Gasteiger partial charge in [0.2, 0.25) is 0 Å². The van der Waals surface area contributed by atoms with Gasteiger partial charge in [-0.2, -0.15) is 8.42 Å². The van der Waals surface area contributed by atoms with Gasteiger partial charge >= 0.3 is 11.9 Å². The van der Waals surface area contributed by atoms with Crippen molar-refractivity contribution in [2.45, 2.75) is 256 Å². The summed E-state index contributed by atoms with van der Waals surface area (Å²) in [5, 5.41) is 30.9. The molecule has 384 valence electrons. The van der Waals surface area contributed by atoms with E-state index < -0.39 is 71.2 Å². The number of allylic oxidation sites excluding steroid dienone is 8. The second kappa shape index (κ2) is 42.7. The van der Waals surface area contributed by atoms with Crippen molar-refractivity contribution in [3.63, 3.8) is 0 Å². The molecule has 1 aliphatic rings. The highest BCUT2D eigenvalue weighted by Crippen LogP contribution is 2.24. The monoisotopic (exact) mass is 955 g/mol. The lowest BCUT2D eigenvalue weighted by Crippen LogP contribution is -2.60. The smallest absolute Gasteiger partial charge is 0.306 e. The van der Waals surface area contributed by atoms with Gasteiger partial charge in [-0.25, -0.2) is 0 Å². The number of ether oxygens (including phenoxy) is 4. The Kier molecular flexibility index (Phi) is 39.9.